The maximum absolute atomic E-state index is 6.51. The summed E-state index contributed by atoms with van der Waals surface area (Å²) in [5, 5.41) is 3.31. The number of benzene rings is 2. The summed E-state index contributed by atoms with van der Waals surface area (Å²) in [5.41, 5.74) is 2.75. The first-order valence-electron chi connectivity index (χ1n) is 11.2. The van der Waals surface area contributed by atoms with Crippen molar-refractivity contribution < 1.29 is 14.8 Å². The zero-order valence-corrected chi connectivity index (χ0v) is 19.7. The minimum atomic E-state index is -0.0776. The minimum Gasteiger partial charge on any atom is -0.491 e. The van der Waals surface area contributed by atoms with Gasteiger partial charge in [-0.05, 0) is 88.3 Å². The Morgan fingerprint density at radius 3 is 2.50 bits per heavy atom. The number of halogens is 1. The third kappa shape index (κ3) is 6.73. The summed E-state index contributed by atoms with van der Waals surface area (Å²) < 4.78 is 11.8. The zero-order valence-electron chi connectivity index (χ0n) is 18.9. The van der Waals surface area contributed by atoms with Crippen molar-refractivity contribution in [2.45, 2.75) is 71.6 Å². The van der Waals surface area contributed by atoms with Crippen molar-refractivity contribution >= 4 is 11.6 Å². The van der Waals surface area contributed by atoms with E-state index >= 15 is 0 Å². The van der Waals surface area contributed by atoms with Crippen LogP contribution in [0.15, 0.2) is 48.5 Å². The van der Waals surface area contributed by atoms with E-state index in [4.69, 9.17) is 21.1 Å². The summed E-state index contributed by atoms with van der Waals surface area (Å²) in [5.74, 6) is 0.942. The molecule has 1 atom stereocenters. The van der Waals surface area contributed by atoms with E-state index in [9.17, 15) is 0 Å². The SMILES string of the molecule is CC(C)Oc1ccc(C[NH2+]CC[C@]2(Cc3ccccc3Cl)CCOC(C)(C)C2)cc1. The Hall–Kier alpha value is -1.55. The molecule has 0 radical (unpaired) electrons. The van der Waals surface area contributed by atoms with Crippen molar-refractivity contribution in [3.05, 3.63) is 64.7 Å². The Morgan fingerprint density at radius 2 is 1.83 bits per heavy atom. The highest BCUT2D eigenvalue weighted by Gasteiger charge is 2.41. The lowest BCUT2D eigenvalue weighted by molar-refractivity contribution is -0.672. The van der Waals surface area contributed by atoms with Gasteiger partial charge >= 0.3 is 0 Å². The van der Waals surface area contributed by atoms with E-state index < -0.39 is 0 Å². The van der Waals surface area contributed by atoms with Gasteiger partial charge in [-0.3, -0.25) is 0 Å². The van der Waals surface area contributed by atoms with Crippen LogP contribution in [0.25, 0.3) is 0 Å². The monoisotopic (exact) mass is 430 g/mol. The molecule has 3 rings (SSSR count). The number of hydrogen-bond acceptors (Lipinski definition) is 2. The van der Waals surface area contributed by atoms with Crippen LogP contribution in [0.2, 0.25) is 5.02 Å². The Balaban J connectivity index is 1.59. The van der Waals surface area contributed by atoms with Gasteiger partial charge in [0.05, 0.1) is 18.2 Å². The van der Waals surface area contributed by atoms with Crippen LogP contribution in [-0.2, 0) is 17.7 Å². The minimum absolute atomic E-state index is 0.0776. The predicted octanol–water partition coefficient (Wildman–Crippen LogP) is 5.40. The van der Waals surface area contributed by atoms with E-state index in [1.54, 1.807) is 0 Å². The van der Waals surface area contributed by atoms with E-state index in [2.05, 4.69) is 69.4 Å². The average molecular weight is 431 g/mol. The summed E-state index contributed by atoms with van der Waals surface area (Å²) in [7, 11) is 0. The molecule has 0 aliphatic carbocycles. The molecule has 2 aromatic carbocycles. The van der Waals surface area contributed by atoms with Gasteiger partial charge in [0.25, 0.3) is 0 Å². The standard InChI is InChI=1S/C26H36ClNO2/c1-20(2)30-23-11-9-21(10-12-23)18-28-15-13-26(14-16-29-25(3,4)19-26)17-22-7-5-6-8-24(22)27/h5-12,20,28H,13-19H2,1-4H3/p+1/t26-/m1/s1. The van der Waals surface area contributed by atoms with E-state index in [-0.39, 0.29) is 17.1 Å². The molecule has 1 saturated heterocycles. The smallest absolute Gasteiger partial charge is 0.119 e. The van der Waals surface area contributed by atoms with Gasteiger partial charge in [-0.2, -0.15) is 0 Å². The van der Waals surface area contributed by atoms with Crippen molar-refractivity contribution in [1.82, 2.24) is 0 Å². The second-order valence-electron chi connectivity index (χ2n) is 9.65. The highest BCUT2D eigenvalue weighted by Crippen LogP contribution is 2.44. The van der Waals surface area contributed by atoms with Crippen LogP contribution in [0.1, 0.15) is 58.1 Å². The molecule has 4 heteroatoms. The predicted molar refractivity (Wildman–Crippen MR) is 124 cm³/mol. The van der Waals surface area contributed by atoms with Crippen molar-refractivity contribution in [3.8, 4) is 5.75 Å². The average Bonchev–Trinajstić information content (AvgIpc) is 2.67. The molecular formula is C26H37ClNO2+. The Bertz CT molecular complexity index is 803. The highest BCUT2D eigenvalue weighted by atomic mass is 35.5. The molecule has 0 bridgehead atoms. The Labute approximate surface area is 187 Å². The largest absolute Gasteiger partial charge is 0.491 e. The molecule has 0 amide bonds. The maximum Gasteiger partial charge on any atom is 0.119 e. The number of ether oxygens (including phenoxy) is 2. The van der Waals surface area contributed by atoms with Crippen molar-refractivity contribution in [1.29, 1.82) is 0 Å². The second-order valence-corrected chi connectivity index (χ2v) is 10.1. The van der Waals surface area contributed by atoms with E-state index in [1.165, 1.54) is 17.5 Å². The lowest BCUT2D eigenvalue weighted by Gasteiger charge is -2.45. The summed E-state index contributed by atoms with van der Waals surface area (Å²) in [6.45, 7) is 11.5. The van der Waals surface area contributed by atoms with Crippen LogP contribution in [0.5, 0.6) is 5.75 Å². The molecule has 0 unspecified atom stereocenters. The molecule has 0 aromatic heterocycles. The van der Waals surface area contributed by atoms with E-state index in [1.807, 2.05) is 12.1 Å². The van der Waals surface area contributed by atoms with Crippen LogP contribution >= 0.6 is 11.6 Å². The fourth-order valence-electron chi connectivity index (χ4n) is 4.74. The first-order chi connectivity index (χ1) is 14.3. The van der Waals surface area contributed by atoms with Crippen molar-refractivity contribution in [2.24, 2.45) is 5.41 Å². The molecule has 1 heterocycles. The Kier molecular flexibility index (Phi) is 7.84. The van der Waals surface area contributed by atoms with Crippen LogP contribution in [0.4, 0.5) is 0 Å². The molecule has 164 valence electrons. The van der Waals surface area contributed by atoms with E-state index in [0.717, 1.165) is 49.7 Å². The fraction of sp³-hybridized carbons (Fsp3) is 0.538. The fourth-order valence-corrected chi connectivity index (χ4v) is 4.94. The summed E-state index contributed by atoms with van der Waals surface area (Å²) in [6, 6.07) is 16.8. The molecule has 1 aliphatic rings. The molecule has 0 saturated carbocycles. The lowest BCUT2D eigenvalue weighted by Crippen LogP contribution is -2.83. The third-order valence-corrected chi connectivity index (χ3v) is 6.37. The summed E-state index contributed by atoms with van der Waals surface area (Å²) >= 11 is 6.51. The lowest BCUT2D eigenvalue weighted by atomic mass is 9.68. The first-order valence-corrected chi connectivity index (χ1v) is 11.6. The normalized spacial score (nSPS) is 21.0. The second kappa shape index (κ2) is 10.2. The molecular weight excluding hydrogens is 394 g/mol. The molecule has 2 aromatic rings. The van der Waals surface area contributed by atoms with Gasteiger partial charge in [-0.25, -0.2) is 0 Å². The van der Waals surface area contributed by atoms with E-state index in [0.29, 0.717) is 0 Å². The van der Waals surface area contributed by atoms with Gasteiger partial charge in [0.1, 0.15) is 12.3 Å². The summed E-state index contributed by atoms with van der Waals surface area (Å²) in [6.07, 6.45) is 4.56. The number of rotatable bonds is 9. The summed E-state index contributed by atoms with van der Waals surface area (Å²) in [4.78, 5) is 0. The molecule has 1 fully saturated rings. The molecule has 3 nitrogen and oxygen atoms in total. The topological polar surface area (TPSA) is 35.1 Å². The molecule has 0 spiro atoms. The number of quaternary nitrogens is 1. The quantitative estimate of drug-likeness (QED) is 0.540. The van der Waals surface area contributed by atoms with Crippen molar-refractivity contribution in [3.63, 3.8) is 0 Å². The first kappa shape index (κ1) is 23.1. The third-order valence-electron chi connectivity index (χ3n) is 6.00. The van der Waals surface area contributed by atoms with Gasteiger partial charge in [-0.1, -0.05) is 29.8 Å². The van der Waals surface area contributed by atoms with Crippen LogP contribution < -0.4 is 10.1 Å². The molecule has 30 heavy (non-hydrogen) atoms. The van der Waals surface area contributed by atoms with Crippen LogP contribution in [-0.4, -0.2) is 24.9 Å². The molecule has 1 aliphatic heterocycles. The van der Waals surface area contributed by atoms with Gasteiger partial charge in [-0.15, -0.1) is 0 Å². The van der Waals surface area contributed by atoms with Crippen molar-refractivity contribution in [2.75, 3.05) is 13.2 Å². The van der Waals surface area contributed by atoms with Gasteiger partial charge in [0.2, 0.25) is 0 Å². The van der Waals surface area contributed by atoms with Crippen LogP contribution in [0, 0.1) is 5.41 Å². The van der Waals surface area contributed by atoms with Gasteiger partial charge < -0.3 is 14.8 Å². The zero-order chi connectivity index (χ0) is 21.6. The molecule has 2 N–H and O–H groups in total. The highest BCUT2D eigenvalue weighted by molar-refractivity contribution is 6.31. The van der Waals surface area contributed by atoms with Crippen LogP contribution in [0.3, 0.4) is 0 Å². The number of nitrogens with two attached hydrogens (primary N) is 1. The number of hydrogen-bond donors (Lipinski definition) is 1. The Morgan fingerprint density at radius 1 is 1.10 bits per heavy atom. The maximum atomic E-state index is 6.51. The van der Waals surface area contributed by atoms with Gasteiger partial charge in [0.15, 0.2) is 0 Å². The van der Waals surface area contributed by atoms with Gasteiger partial charge in [0, 0.05) is 23.6 Å².